The third-order valence-electron chi connectivity index (χ3n) is 2.20. The molecule has 17 heavy (non-hydrogen) atoms. The summed E-state index contributed by atoms with van der Waals surface area (Å²) in [4.78, 5) is 0. The molecule has 1 aromatic carbocycles. The number of nitrogens with one attached hydrogen (secondary N) is 1. The molecule has 1 N–H and O–H groups in total. The zero-order valence-corrected chi connectivity index (χ0v) is 9.81. The Morgan fingerprint density at radius 3 is 2.59 bits per heavy atom. The van der Waals surface area contributed by atoms with Crippen LogP contribution in [-0.4, -0.2) is 8.42 Å². The van der Waals surface area contributed by atoms with Crippen LogP contribution in [0.2, 0.25) is 0 Å². The van der Waals surface area contributed by atoms with Crippen LogP contribution in [0.5, 0.6) is 0 Å². The third-order valence-corrected chi connectivity index (χ3v) is 2.81. The van der Waals surface area contributed by atoms with Gasteiger partial charge in [-0.05, 0) is 30.5 Å². The highest BCUT2D eigenvalue weighted by Crippen LogP contribution is 2.19. The Hall–Kier alpha value is -1.41. The van der Waals surface area contributed by atoms with E-state index in [1.807, 2.05) is 18.2 Å². The van der Waals surface area contributed by atoms with Gasteiger partial charge in [-0.15, -0.1) is 20.3 Å². The quantitative estimate of drug-likeness (QED) is 0.817. The van der Waals surface area contributed by atoms with Gasteiger partial charge in [0.15, 0.2) is 0 Å². The van der Waals surface area contributed by atoms with E-state index in [-0.39, 0.29) is 0 Å². The van der Waals surface area contributed by atoms with Gasteiger partial charge in [0.2, 0.25) is 0 Å². The Morgan fingerprint density at radius 1 is 1.35 bits per heavy atom. The van der Waals surface area contributed by atoms with Crippen LogP contribution in [0, 0.1) is 0 Å². The number of hydrazine groups is 1. The van der Waals surface area contributed by atoms with Crippen LogP contribution in [0.3, 0.4) is 0 Å². The number of hydrogen-bond donors (Lipinski definition) is 1. The fourth-order valence-electron chi connectivity index (χ4n) is 1.36. The van der Waals surface area contributed by atoms with Crippen molar-refractivity contribution in [2.24, 2.45) is 0 Å². The van der Waals surface area contributed by atoms with Gasteiger partial charge in [-0.25, -0.2) is 0 Å². The van der Waals surface area contributed by atoms with Crippen molar-refractivity contribution in [2.75, 3.05) is 5.17 Å². The molecular weight excluding hydrogens is 244 g/mol. The van der Waals surface area contributed by atoms with E-state index in [0.717, 1.165) is 23.6 Å². The van der Waals surface area contributed by atoms with Crippen molar-refractivity contribution in [1.82, 2.24) is 5.59 Å². The predicted octanol–water partition coefficient (Wildman–Crippen LogP) is 1.24. The molecule has 1 aliphatic rings. The number of hydrogen-bond acceptors (Lipinski definition) is 6. The number of anilines is 1. The molecule has 7 heteroatoms. The van der Waals surface area contributed by atoms with E-state index in [4.69, 9.17) is 0 Å². The lowest BCUT2D eigenvalue weighted by atomic mass is 10.1. The first-order valence-electron chi connectivity index (χ1n) is 4.99. The van der Waals surface area contributed by atoms with Crippen LogP contribution < -0.4 is 10.8 Å². The zero-order chi connectivity index (χ0) is 12.3. The monoisotopic (exact) mass is 256 g/mol. The van der Waals surface area contributed by atoms with E-state index in [1.165, 1.54) is 0 Å². The van der Waals surface area contributed by atoms with E-state index in [0.29, 0.717) is 5.69 Å². The van der Waals surface area contributed by atoms with Gasteiger partial charge in [-0.1, -0.05) is 23.8 Å². The Labute approximate surface area is 99.7 Å². The van der Waals surface area contributed by atoms with Crippen LogP contribution in [0.25, 0.3) is 0 Å². The summed E-state index contributed by atoms with van der Waals surface area (Å²) in [5.74, 6) is 0. The van der Waals surface area contributed by atoms with E-state index >= 15 is 0 Å². The van der Waals surface area contributed by atoms with E-state index < -0.39 is 10.4 Å². The summed E-state index contributed by atoms with van der Waals surface area (Å²) in [5, 5.41) is 0.937. The molecule has 1 saturated heterocycles. The molecule has 0 saturated carbocycles. The summed E-state index contributed by atoms with van der Waals surface area (Å²) in [6, 6.07) is 7.23. The minimum atomic E-state index is -3.97. The second kappa shape index (κ2) is 4.84. The predicted molar refractivity (Wildman–Crippen MR) is 61.7 cm³/mol. The number of aryl methyl sites for hydroxylation is 1. The highest BCUT2D eigenvalue weighted by Gasteiger charge is 2.28. The van der Waals surface area contributed by atoms with Gasteiger partial charge >= 0.3 is 10.4 Å². The molecule has 1 aromatic rings. The maximum atomic E-state index is 10.9. The summed E-state index contributed by atoms with van der Waals surface area (Å²) in [6.45, 7) is 3.65. The lowest BCUT2D eigenvalue weighted by Crippen LogP contribution is -2.28. The van der Waals surface area contributed by atoms with Gasteiger partial charge in [-0.3, -0.25) is 0 Å². The maximum Gasteiger partial charge on any atom is 0.440 e. The van der Waals surface area contributed by atoms with Crippen LogP contribution in [0.1, 0.15) is 12.0 Å². The van der Waals surface area contributed by atoms with Crippen molar-refractivity contribution >= 4 is 16.1 Å². The molecule has 0 aromatic heterocycles. The molecule has 1 heterocycles. The molecule has 0 amide bonds. The largest absolute Gasteiger partial charge is 0.440 e. The highest BCUT2D eigenvalue weighted by atomic mass is 32.3. The molecule has 92 valence electrons. The second-order valence-corrected chi connectivity index (χ2v) is 4.58. The topological polar surface area (TPSA) is 67.9 Å². The van der Waals surface area contributed by atoms with Crippen molar-refractivity contribution in [3.8, 4) is 0 Å². The maximum absolute atomic E-state index is 10.9. The first-order valence-corrected chi connectivity index (χ1v) is 6.33. The van der Waals surface area contributed by atoms with Gasteiger partial charge in [0.05, 0.1) is 5.69 Å². The van der Waals surface area contributed by atoms with Gasteiger partial charge in [0.25, 0.3) is 0 Å². The molecule has 0 radical (unpaired) electrons. The fraction of sp³-hybridized carbons (Fsp3) is 0.200. The van der Waals surface area contributed by atoms with Crippen LogP contribution in [-0.2, 0) is 25.4 Å². The number of nitrogens with zero attached hydrogens (tertiary/aromatic N) is 1. The van der Waals surface area contributed by atoms with Gasteiger partial charge in [0.1, 0.15) is 0 Å². The molecule has 1 aliphatic heterocycles. The van der Waals surface area contributed by atoms with Crippen molar-refractivity contribution in [1.29, 1.82) is 0 Å². The molecule has 0 spiro atoms. The van der Waals surface area contributed by atoms with Crippen molar-refractivity contribution in [3.05, 3.63) is 42.5 Å². The molecule has 0 aliphatic carbocycles. The summed E-state index contributed by atoms with van der Waals surface area (Å²) in [7, 11) is -3.97. The van der Waals surface area contributed by atoms with E-state index in [9.17, 15) is 8.42 Å². The molecular formula is C10H12N2O4S. The number of benzene rings is 1. The van der Waals surface area contributed by atoms with Crippen LogP contribution in [0.4, 0.5) is 5.69 Å². The lowest BCUT2D eigenvalue weighted by Gasteiger charge is -2.11. The Balaban J connectivity index is 2.06. The molecule has 0 atom stereocenters. The van der Waals surface area contributed by atoms with Crippen molar-refractivity contribution < 1.29 is 17.0 Å². The Kier molecular flexibility index (Phi) is 3.43. The van der Waals surface area contributed by atoms with Crippen molar-refractivity contribution in [3.63, 3.8) is 0 Å². The summed E-state index contributed by atoms with van der Waals surface area (Å²) >= 11 is 0. The summed E-state index contributed by atoms with van der Waals surface area (Å²) in [5.41, 5.74) is 3.80. The molecule has 0 unspecified atom stereocenters. The lowest BCUT2D eigenvalue weighted by molar-refractivity contribution is 0.198. The SMILES string of the molecule is C=CCCc1ccc(N2NOS(=O)(=O)O2)cc1. The van der Waals surface area contributed by atoms with Gasteiger partial charge < -0.3 is 0 Å². The summed E-state index contributed by atoms with van der Waals surface area (Å²) in [6.07, 6.45) is 3.64. The minimum Gasteiger partial charge on any atom is -0.165 e. The Bertz CT molecular complexity index is 498. The second-order valence-electron chi connectivity index (χ2n) is 3.45. The first-order chi connectivity index (χ1) is 8.11. The first kappa shape index (κ1) is 12.1. The molecule has 0 bridgehead atoms. The van der Waals surface area contributed by atoms with E-state index in [2.05, 4.69) is 20.7 Å². The van der Waals surface area contributed by atoms with Gasteiger partial charge in [0, 0.05) is 0 Å². The molecule has 1 fully saturated rings. The number of rotatable bonds is 4. The standard InChI is InChI=1S/C10H12N2O4S/c1-2-3-4-9-5-7-10(8-6-9)12-11-15-17(13,14)16-12/h2,5-8,11H,1,3-4H2. The van der Waals surface area contributed by atoms with Gasteiger partial charge in [-0.2, -0.15) is 8.42 Å². The van der Waals surface area contributed by atoms with Crippen molar-refractivity contribution in [2.45, 2.75) is 12.8 Å². The molecule has 2 rings (SSSR count). The summed E-state index contributed by atoms with van der Waals surface area (Å²) < 4.78 is 30.5. The fourth-order valence-corrected chi connectivity index (χ4v) is 1.85. The normalized spacial score (nSPS) is 18.2. The molecule has 6 nitrogen and oxygen atoms in total. The Morgan fingerprint density at radius 2 is 2.06 bits per heavy atom. The van der Waals surface area contributed by atoms with E-state index in [1.54, 1.807) is 12.1 Å². The van der Waals surface area contributed by atoms with Crippen LogP contribution >= 0.6 is 0 Å². The zero-order valence-electron chi connectivity index (χ0n) is 9.00. The third kappa shape index (κ3) is 3.04. The smallest absolute Gasteiger partial charge is 0.165 e. The highest BCUT2D eigenvalue weighted by molar-refractivity contribution is 7.82. The number of allylic oxidation sites excluding steroid dienone is 1. The average Bonchev–Trinajstić information content (AvgIpc) is 2.68. The average molecular weight is 256 g/mol. The minimum absolute atomic E-state index is 0.536. The van der Waals surface area contributed by atoms with Crippen LogP contribution in [0.15, 0.2) is 36.9 Å².